The molecule has 1 aromatic heterocycles. The molecule has 3 N–H and O–H groups in total. The Morgan fingerprint density at radius 2 is 2.03 bits per heavy atom. The Morgan fingerprint density at radius 3 is 2.68 bits per heavy atom. The van der Waals surface area contributed by atoms with Gasteiger partial charge in [0.15, 0.2) is 5.96 Å². The number of aliphatic imine (C=N–C) groups is 1. The van der Waals surface area contributed by atoms with Gasteiger partial charge in [-0.25, -0.2) is 4.98 Å². The summed E-state index contributed by atoms with van der Waals surface area (Å²) in [6.07, 6.45) is -0.610. The number of nitrogens with zero attached hydrogens (tertiary/aromatic N) is 3. The Kier molecular flexibility index (Phi) is 9.83. The summed E-state index contributed by atoms with van der Waals surface area (Å²) in [5.41, 5.74) is -0.896. The van der Waals surface area contributed by atoms with E-state index >= 15 is 0 Å². The number of pyridine rings is 1. The zero-order chi connectivity index (χ0) is 22.7. The maximum Gasteiger partial charge on any atom is 0.421 e. The third kappa shape index (κ3) is 8.60. The first kappa shape index (κ1) is 24.7. The molecule has 1 saturated heterocycles. The van der Waals surface area contributed by atoms with E-state index in [0.717, 1.165) is 38.4 Å². The first-order chi connectivity index (χ1) is 14.8. The van der Waals surface area contributed by atoms with E-state index in [4.69, 9.17) is 4.74 Å². The van der Waals surface area contributed by atoms with Crippen molar-refractivity contribution >= 4 is 11.9 Å². The third-order valence-electron chi connectivity index (χ3n) is 4.80. The summed E-state index contributed by atoms with van der Waals surface area (Å²) >= 11 is 0. The van der Waals surface area contributed by atoms with Crippen LogP contribution in [0.1, 0.15) is 31.7 Å². The van der Waals surface area contributed by atoms with Crippen LogP contribution in [0.4, 0.5) is 13.2 Å². The van der Waals surface area contributed by atoms with E-state index in [1.807, 2.05) is 6.92 Å². The number of aromatic nitrogens is 1. The van der Waals surface area contributed by atoms with Crippen LogP contribution in [0.15, 0.2) is 23.3 Å². The van der Waals surface area contributed by atoms with Gasteiger partial charge in [0.25, 0.3) is 0 Å². The highest BCUT2D eigenvalue weighted by atomic mass is 19.4. The van der Waals surface area contributed by atoms with Crippen LogP contribution in [-0.4, -0.2) is 74.2 Å². The molecule has 0 saturated carbocycles. The van der Waals surface area contributed by atoms with Gasteiger partial charge in [-0.3, -0.25) is 14.7 Å². The fraction of sp³-hybridized carbons (Fsp3) is 0.650. The van der Waals surface area contributed by atoms with Gasteiger partial charge in [0.2, 0.25) is 11.8 Å². The molecule has 31 heavy (non-hydrogen) atoms. The smallest absolute Gasteiger partial charge is 0.421 e. The lowest BCUT2D eigenvalue weighted by Crippen LogP contribution is -2.50. The summed E-state index contributed by atoms with van der Waals surface area (Å²) in [6.45, 7) is 5.00. The summed E-state index contributed by atoms with van der Waals surface area (Å²) in [7, 11) is 1.63. The van der Waals surface area contributed by atoms with Crippen LogP contribution < -0.4 is 20.7 Å². The molecule has 1 aliphatic heterocycles. The number of piperidine rings is 1. The van der Waals surface area contributed by atoms with Crippen LogP contribution in [0, 0.1) is 0 Å². The van der Waals surface area contributed by atoms with Gasteiger partial charge in [0.05, 0.1) is 13.1 Å². The van der Waals surface area contributed by atoms with Crippen molar-refractivity contribution < 1.29 is 22.7 Å². The van der Waals surface area contributed by atoms with E-state index < -0.39 is 17.6 Å². The summed E-state index contributed by atoms with van der Waals surface area (Å²) in [5.74, 6) is 0.169. The topological polar surface area (TPSA) is 90.9 Å². The Morgan fingerprint density at radius 1 is 1.29 bits per heavy atom. The van der Waals surface area contributed by atoms with Gasteiger partial charge in [-0.2, -0.15) is 13.2 Å². The first-order valence-corrected chi connectivity index (χ1v) is 10.4. The van der Waals surface area contributed by atoms with Gasteiger partial charge in [0.1, 0.15) is 12.2 Å². The number of ether oxygens (including phenoxy) is 1. The van der Waals surface area contributed by atoms with Crippen molar-refractivity contribution in [2.24, 2.45) is 4.99 Å². The van der Waals surface area contributed by atoms with E-state index in [0.29, 0.717) is 19.0 Å². The fourth-order valence-electron chi connectivity index (χ4n) is 3.19. The molecule has 0 aliphatic carbocycles. The number of hydrogen-bond acceptors (Lipinski definition) is 5. The van der Waals surface area contributed by atoms with Crippen LogP contribution in [-0.2, 0) is 11.0 Å². The van der Waals surface area contributed by atoms with Crippen molar-refractivity contribution in [3.05, 3.63) is 23.9 Å². The number of likely N-dealkylation sites (tertiary alicyclic amines) is 1. The molecule has 0 aromatic carbocycles. The predicted octanol–water partition coefficient (Wildman–Crippen LogP) is 1.63. The van der Waals surface area contributed by atoms with Crippen LogP contribution in [0.25, 0.3) is 0 Å². The molecule has 0 radical (unpaired) electrons. The Labute approximate surface area is 180 Å². The number of nitrogens with one attached hydrogen (secondary N) is 3. The van der Waals surface area contributed by atoms with E-state index in [-0.39, 0.29) is 25.1 Å². The van der Waals surface area contributed by atoms with Crippen molar-refractivity contribution in [3.8, 4) is 5.88 Å². The highest BCUT2D eigenvalue weighted by Crippen LogP contribution is 2.34. The standard InChI is InChI=1S/C20H31F3N6O2/c1-3-8-25-17(30)14-29-11-6-15(7-12-29)28-19(24-2)27-10-13-31-18-16(20(21,22)23)5-4-9-26-18/h4-5,9,15H,3,6-8,10-14H2,1-2H3,(H,25,30)(H2,24,27,28). The molecule has 2 rings (SSSR count). The molecule has 0 atom stereocenters. The SMILES string of the molecule is CCCNC(=O)CN1CCC(NC(=NC)NCCOc2ncccc2C(F)(F)F)CC1. The highest BCUT2D eigenvalue weighted by Gasteiger charge is 2.35. The van der Waals surface area contributed by atoms with Gasteiger partial charge >= 0.3 is 6.18 Å². The van der Waals surface area contributed by atoms with Gasteiger partial charge in [0, 0.05) is 38.9 Å². The molecule has 1 amide bonds. The molecule has 2 heterocycles. The van der Waals surface area contributed by atoms with Crippen LogP contribution in [0.5, 0.6) is 5.88 Å². The van der Waals surface area contributed by atoms with E-state index in [2.05, 4.69) is 30.8 Å². The van der Waals surface area contributed by atoms with E-state index in [1.54, 1.807) is 7.05 Å². The number of halogens is 3. The highest BCUT2D eigenvalue weighted by molar-refractivity contribution is 5.80. The van der Waals surface area contributed by atoms with Gasteiger partial charge in [-0.1, -0.05) is 6.92 Å². The second kappa shape index (κ2) is 12.3. The van der Waals surface area contributed by atoms with Crippen molar-refractivity contribution in [1.29, 1.82) is 0 Å². The maximum atomic E-state index is 13.0. The average Bonchev–Trinajstić information content (AvgIpc) is 2.75. The minimum absolute atomic E-state index is 0.00606. The number of amides is 1. The second-order valence-corrected chi connectivity index (χ2v) is 7.25. The molecule has 0 spiro atoms. The molecule has 1 aliphatic rings. The summed E-state index contributed by atoms with van der Waals surface area (Å²) < 4.78 is 44.1. The lowest BCUT2D eigenvalue weighted by atomic mass is 10.1. The molecule has 1 aromatic rings. The fourth-order valence-corrected chi connectivity index (χ4v) is 3.19. The summed E-state index contributed by atoms with van der Waals surface area (Å²) in [4.78, 5) is 21.8. The molecule has 0 unspecified atom stereocenters. The molecule has 1 fully saturated rings. The number of guanidine groups is 1. The monoisotopic (exact) mass is 444 g/mol. The summed E-state index contributed by atoms with van der Waals surface area (Å²) in [6, 6.07) is 2.37. The zero-order valence-corrected chi connectivity index (χ0v) is 18.0. The van der Waals surface area contributed by atoms with Crippen LogP contribution in [0.2, 0.25) is 0 Å². The third-order valence-corrected chi connectivity index (χ3v) is 4.80. The number of carbonyl (C=O) groups excluding carboxylic acids is 1. The molecule has 11 heteroatoms. The summed E-state index contributed by atoms with van der Waals surface area (Å²) in [5, 5.41) is 9.23. The normalized spacial score (nSPS) is 16.1. The van der Waals surface area contributed by atoms with Crippen molar-refractivity contribution in [3.63, 3.8) is 0 Å². The quantitative estimate of drug-likeness (QED) is 0.305. The van der Waals surface area contributed by atoms with Crippen LogP contribution in [0.3, 0.4) is 0 Å². The molecular formula is C20H31F3N6O2. The number of carbonyl (C=O) groups is 1. The van der Waals surface area contributed by atoms with Crippen LogP contribution >= 0.6 is 0 Å². The van der Waals surface area contributed by atoms with Gasteiger partial charge in [-0.15, -0.1) is 0 Å². The minimum Gasteiger partial charge on any atom is -0.475 e. The van der Waals surface area contributed by atoms with Crippen molar-refractivity contribution in [2.75, 3.05) is 46.4 Å². The minimum atomic E-state index is -4.51. The average molecular weight is 445 g/mol. The van der Waals surface area contributed by atoms with Crippen molar-refractivity contribution in [1.82, 2.24) is 25.8 Å². The maximum absolute atomic E-state index is 13.0. The first-order valence-electron chi connectivity index (χ1n) is 10.4. The predicted molar refractivity (Wildman–Crippen MR) is 112 cm³/mol. The lowest BCUT2D eigenvalue weighted by molar-refractivity contribution is -0.139. The second-order valence-electron chi connectivity index (χ2n) is 7.25. The number of rotatable bonds is 9. The molecule has 0 bridgehead atoms. The Hall–Kier alpha value is -2.56. The molecule has 174 valence electrons. The van der Waals surface area contributed by atoms with Gasteiger partial charge in [-0.05, 0) is 31.4 Å². The largest absolute Gasteiger partial charge is 0.475 e. The molecule has 8 nitrogen and oxygen atoms in total. The van der Waals surface area contributed by atoms with E-state index in [9.17, 15) is 18.0 Å². The number of alkyl halides is 3. The van der Waals surface area contributed by atoms with E-state index in [1.165, 1.54) is 12.3 Å². The Balaban J connectivity index is 1.69. The number of hydrogen-bond donors (Lipinski definition) is 3. The molecular weight excluding hydrogens is 413 g/mol. The Bertz CT molecular complexity index is 721. The zero-order valence-electron chi connectivity index (χ0n) is 18.0. The van der Waals surface area contributed by atoms with Crippen molar-refractivity contribution in [2.45, 2.75) is 38.4 Å². The lowest BCUT2D eigenvalue weighted by Gasteiger charge is -2.32. The van der Waals surface area contributed by atoms with Gasteiger partial charge < -0.3 is 20.7 Å².